The van der Waals surface area contributed by atoms with Crippen LogP contribution in [0.2, 0.25) is 0 Å². The molecule has 1 N–H and O–H groups in total. The van der Waals surface area contributed by atoms with Gasteiger partial charge in [-0.1, -0.05) is 39.8 Å². The molecule has 0 spiro atoms. The highest BCUT2D eigenvalue weighted by atomic mass is 16.6. The molecular weight excluding hydrogens is 228 g/mol. The molecule has 0 aliphatic rings. The van der Waals surface area contributed by atoms with E-state index in [1.54, 1.807) is 12.1 Å². The Hall–Kier alpha value is -1.42. The van der Waals surface area contributed by atoms with Gasteiger partial charge in [0.1, 0.15) is 0 Å². The third kappa shape index (κ3) is 4.11. The van der Waals surface area contributed by atoms with E-state index in [2.05, 4.69) is 33.0 Å². The van der Waals surface area contributed by atoms with Crippen molar-refractivity contribution in [2.24, 2.45) is 11.3 Å². The van der Waals surface area contributed by atoms with Crippen molar-refractivity contribution in [1.29, 1.82) is 0 Å². The number of nitro groups is 1. The van der Waals surface area contributed by atoms with Crippen LogP contribution in [0.1, 0.15) is 33.3 Å². The predicted molar refractivity (Wildman–Crippen MR) is 73.4 cm³/mol. The second-order valence-electron chi connectivity index (χ2n) is 5.67. The second-order valence-corrected chi connectivity index (χ2v) is 5.67. The van der Waals surface area contributed by atoms with Crippen molar-refractivity contribution in [1.82, 2.24) is 5.32 Å². The summed E-state index contributed by atoms with van der Waals surface area (Å²) in [6.45, 7) is 10.4. The van der Waals surface area contributed by atoms with Gasteiger partial charge < -0.3 is 5.32 Å². The van der Waals surface area contributed by atoms with Crippen LogP contribution < -0.4 is 5.32 Å². The predicted octanol–water partition coefficient (Wildman–Crippen LogP) is 3.37. The van der Waals surface area contributed by atoms with Crippen molar-refractivity contribution in [2.45, 2.75) is 34.2 Å². The Morgan fingerprint density at radius 1 is 1.39 bits per heavy atom. The van der Waals surface area contributed by atoms with E-state index in [1.807, 2.05) is 6.07 Å². The molecule has 0 unspecified atom stereocenters. The summed E-state index contributed by atoms with van der Waals surface area (Å²) in [6, 6.07) is 6.77. The van der Waals surface area contributed by atoms with Crippen LogP contribution in [0.25, 0.3) is 0 Å². The molecule has 1 rings (SSSR count). The van der Waals surface area contributed by atoms with Gasteiger partial charge in [-0.05, 0) is 16.9 Å². The van der Waals surface area contributed by atoms with Crippen molar-refractivity contribution in [3.05, 3.63) is 39.9 Å². The molecule has 0 saturated carbocycles. The quantitative estimate of drug-likeness (QED) is 0.622. The first-order valence-electron chi connectivity index (χ1n) is 6.27. The van der Waals surface area contributed by atoms with E-state index >= 15 is 0 Å². The van der Waals surface area contributed by atoms with Gasteiger partial charge in [-0.3, -0.25) is 10.1 Å². The molecule has 18 heavy (non-hydrogen) atoms. The number of benzene rings is 1. The van der Waals surface area contributed by atoms with Gasteiger partial charge in [-0.25, -0.2) is 0 Å². The van der Waals surface area contributed by atoms with Crippen LogP contribution in [-0.4, -0.2) is 11.5 Å². The molecule has 1 aromatic carbocycles. The zero-order valence-corrected chi connectivity index (χ0v) is 11.6. The zero-order chi connectivity index (χ0) is 13.8. The van der Waals surface area contributed by atoms with Crippen molar-refractivity contribution in [3.8, 4) is 0 Å². The molecule has 0 aromatic heterocycles. The summed E-state index contributed by atoms with van der Waals surface area (Å²) in [4.78, 5) is 10.3. The minimum Gasteiger partial charge on any atom is -0.312 e. The van der Waals surface area contributed by atoms with Gasteiger partial charge in [0, 0.05) is 25.2 Å². The summed E-state index contributed by atoms with van der Waals surface area (Å²) in [5.41, 5.74) is 1.32. The van der Waals surface area contributed by atoms with Crippen LogP contribution in [0.3, 0.4) is 0 Å². The highest BCUT2D eigenvalue weighted by molar-refractivity contribution is 5.34. The van der Waals surface area contributed by atoms with Crippen molar-refractivity contribution in [2.75, 3.05) is 6.54 Å². The first-order valence-corrected chi connectivity index (χ1v) is 6.27. The lowest BCUT2D eigenvalue weighted by atomic mass is 9.81. The van der Waals surface area contributed by atoms with Gasteiger partial charge in [-0.2, -0.15) is 0 Å². The second kappa shape index (κ2) is 5.96. The van der Waals surface area contributed by atoms with Crippen molar-refractivity contribution >= 4 is 5.69 Å². The van der Waals surface area contributed by atoms with Crippen LogP contribution in [0.15, 0.2) is 24.3 Å². The first-order chi connectivity index (χ1) is 8.33. The molecule has 0 bridgehead atoms. The minimum absolute atomic E-state index is 0.150. The summed E-state index contributed by atoms with van der Waals surface area (Å²) in [7, 11) is 0. The topological polar surface area (TPSA) is 55.2 Å². The molecule has 1 aromatic rings. The lowest BCUT2D eigenvalue weighted by Gasteiger charge is -2.29. The van der Waals surface area contributed by atoms with Crippen LogP contribution in [0, 0.1) is 21.4 Å². The highest BCUT2D eigenvalue weighted by Gasteiger charge is 2.21. The van der Waals surface area contributed by atoms with Crippen LogP contribution >= 0.6 is 0 Å². The molecule has 0 aliphatic heterocycles. The molecule has 0 saturated heterocycles. The van der Waals surface area contributed by atoms with Gasteiger partial charge in [-0.15, -0.1) is 0 Å². The third-order valence-corrected chi connectivity index (χ3v) is 3.59. The first kappa shape index (κ1) is 14.6. The number of hydrogen-bond donors (Lipinski definition) is 1. The van der Waals surface area contributed by atoms with E-state index in [9.17, 15) is 10.1 Å². The molecule has 0 fully saturated rings. The lowest BCUT2D eigenvalue weighted by molar-refractivity contribution is -0.384. The van der Waals surface area contributed by atoms with E-state index in [-0.39, 0.29) is 16.0 Å². The SMILES string of the molecule is CC(C)C(C)(C)CNCc1cccc([N+](=O)[O-])c1. The fraction of sp³-hybridized carbons (Fsp3) is 0.571. The van der Waals surface area contributed by atoms with E-state index in [4.69, 9.17) is 0 Å². The number of nitro benzene ring substituents is 1. The molecular formula is C14H22N2O2. The molecule has 0 radical (unpaired) electrons. The maximum Gasteiger partial charge on any atom is 0.269 e. The number of nitrogens with one attached hydrogen (secondary N) is 1. The molecule has 0 atom stereocenters. The Morgan fingerprint density at radius 2 is 2.06 bits per heavy atom. The summed E-state index contributed by atoms with van der Waals surface area (Å²) in [6.07, 6.45) is 0. The van der Waals surface area contributed by atoms with Crippen LogP contribution in [-0.2, 0) is 6.54 Å². The Kier molecular flexibility index (Phi) is 4.84. The zero-order valence-electron chi connectivity index (χ0n) is 11.6. The number of hydrogen-bond acceptors (Lipinski definition) is 3. The van der Waals surface area contributed by atoms with E-state index in [1.165, 1.54) is 6.07 Å². The Labute approximate surface area is 109 Å². The number of nitrogens with zero attached hydrogens (tertiary/aromatic N) is 1. The number of non-ortho nitro benzene ring substituents is 1. The van der Waals surface area contributed by atoms with E-state index in [0.29, 0.717) is 12.5 Å². The summed E-state index contributed by atoms with van der Waals surface area (Å²) < 4.78 is 0. The lowest BCUT2D eigenvalue weighted by Crippen LogP contribution is -2.33. The Morgan fingerprint density at radius 3 is 2.61 bits per heavy atom. The fourth-order valence-corrected chi connectivity index (χ4v) is 1.51. The Balaban J connectivity index is 2.54. The van der Waals surface area contributed by atoms with Gasteiger partial charge in [0.15, 0.2) is 0 Å². The number of rotatable bonds is 6. The molecule has 4 nitrogen and oxygen atoms in total. The van der Waals surface area contributed by atoms with Gasteiger partial charge in [0.25, 0.3) is 5.69 Å². The summed E-state index contributed by atoms with van der Waals surface area (Å²) in [5, 5.41) is 14.0. The molecule has 0 amide bonds. The smallest absolute Gasteiger partial charge is 0.269 e. The Bertz CT molecular complexity index is 414. The minimum atomic E-state index is -0.360. The monoisotopic (exact) mass is 250 g/mol. The average Bonchev–Trinajstić information content (AvgIpc) is 2.29. The molecule has 0 heterocycles. The molecule has 100 valence electrons. The van der Waals surface area contributed by atoms with Gasteiger partial charge >= 0.3 is 0 Å². The van der Waals surface area contributed by atoms with Gasteiger partial charge in [0.05, 0.1) is 4.92 Å². The average molecular weight is 250 g/mol. The summed E-state index contributed by atoms with van der Waals surface area (Å²) in [5.74, 6) is 0.593. The highest BCUT2D eigenvalue weighted by Crippen LogP contribution is 2.24. The fourth-order valence-electron chi connectivity index (χ4n) is 1.51. The van der Waals surface area contributed by atoms with Crippen LogP contribution in [0.5, 0.6) is 0 Å². The van der Waals surface area contributed by atoms with E-state index in [0.717, 1.165) is 12.1 Å². The largest absolute Gasteiger partial charge is 0.312 e. The normalized spacial score (nSPS) is 11.8. The van der Waals surface area contributed by atoms with Crippen LogP contribution in [0.4, 0.5) is 5.69 Å². The maximum atomic E-state index is 10.7. The maximum absolute atomic E-state index is 10.7. The molecule has 4 heteroatoms. The standard InChI is InChI=1S/C14H22N2O2/c1-11(2)14(3,4)10-15-9-12-6-5-7-13(8-12)16(17)18/h5-8,11,15H,9-10H2,1-4H3. The van der Waals surface area contributed by atoms with Gasteiger partial charge in [0.2, 0.25) is 0 Å². The van der Waals surface area contributed by atoms with Crippen molar-refractivity contribution in [3.63, 3.8) is 0 Å². The third-order valence-electron chi connectivity index (χ3n) is 3.59. The van der Waals surface area contributed by atoms with E-state index < -0.39 is 0 Å². The van der Waals surface area contributed by atoms with Crippen molar-refractivity contribution < 1.29 is 4.92 Å². The summed E-state index contributed by atoms with van der Waals surface area (Å²) >= 11 is 0. The molecule has 0 aliphatic carbocycles.